The minimum absolute atomic E-state index is 0.0516. The zero-order valence-electron chi connectivity index (χ0n) is 13.6. The largest absolute Gasteiger partial charge is 0.455 e. The van der Waals surface area contributed by atoms with Gasteiger partial charge in [-0.1, -0.05) is 20.8 Å². The van der Waals surface area contributed by atoms with Gasteiger partial charge in [-0.15, -0.1) is 0 Å². The van der Waals surface area contributed by atoms with Crippen molar-refractivity contribution in [1.82, 2.24) is 10.2 Å². The minimum atomic E-state index is -0.405. The van der Waals surface area contributed by atoms with Crippen molar-refractivity contribution in [2.24, 2.45) is 0 Å². The summed E-state index contributed by atoms with van der Waals surface area (Å²) in [6.07, 6.45) is 1.29. The van der Waals surface area contributed by atoms with Gasteiger partial charge in [0, 0.05) is 12.1 Å². The van der Waals surface area contributed by atoms with Crippen molar-refractivity contribution < 1.29 is 14.3 Å². The van der Waals surface area contributed by atoms with E-state index in [-0.39, 0.29) is 12.5 Å². The molecule has 1 heterocycles. The van der Waals surface area contributed by atoms with Crippen LogP contribution in [0, 0.1) is 0 Å². The summed E-state index contributed by atoms with van der Waals surface area (Å²) >= 11 is 0. The van der Waals surface area contributed by atoms with Crippen LogP contribution in [0.25, 0.3) is 0 Å². The summed E-state index contributed by atoms with van der Waals surface area (Å²) in [6.45, 7) is 10.8. The van der Waals surface area contributed by atoms with Gasteiger partial charge in [0.15, 0.2) is 5.76 Å². The monoisotopic (exact) mass is 296 g/mol. The molecule has 0 aromatic carbocycles. The van der Waals surface area contributed by atoms with E-state index in [0.29, 0.717) is 18.7 Å². The molecule has 0 saturated carbocycles. The fourth-order valence-corrected chi connectivity index (χ4v) is 2.16. The number of furan rings is 1. The van der Waals surface area contributed by atoms with Crippen LogP contribution < -0.4 is 5.32 Å². The van der Waals surface area contributed by atoms with E-state index in [1.54, 1.807) is 6.07 Å². The van der Waals surface area contributed by atoms with Crippen molar-refractivity contribution in [3.8, 4) is 0 Å². The van der Waals surface area contributed by atoms with Crippen molar-refractivity contribution >= 4 is 5.91 Å². The molecule has 21 heavy (non-hydrogen) atoms. The average molecular weight is 296 g/mol. The topological polar surface area (TPSA) is 65.7 Å². The van der Waals surface area contributed by atoms with Crippen LogP contribution in [0.15, 0.2) is 16.5 Å². The highest BCUT2D eigenvalue weighted by Gasteiger charge is 2.25. The zero-order chi connectivity index (χ0) is 15.9. The molecular weight excluding hydrogens is 268 g/mol. The molecule has 1 atom stereocenters. The van der Waals surface area contributed by atoms with Crippen LogP contribution >= 0.6 is 0 Å². The average Bonchev–Trinajstić information content (AvgIpc) is 2.93. The highest BCUT2D eigenvalue weighted by molar-refractivity contribution is 5.92. The fraction of sp³-hybridized carbons (Fsp3) is 0.688. The second-order valence-corrected chi connectivity index (χ2v) is 5.57. The molecule has 0 aliphatic heterocycles. The first kappa shape index (κ1) is 17.7. The summed E-state index contributed by atoms with van der Waals surface area (Å²) in [7, 11) is 0. The molecule has 1 amide bonds. The van der Waals surface area contributed by atoms with Crippen molar-refractivity contribution in [3.63, 3.8) is 0 Å². The smallest absolute Gasteiger partial charge is 0.287 e. The van der Waals surface area contributed by atoms with Gasteiger partial charge in [0.25, 0.3) is 5.91 Å². The number of nitrogens with one attached hydrogen (secondary N) is 1. The standard InChI is InChI=1S/C16H28N2O3/c1-5-16(4,10-11-19)17-15(20)14-9-8-13(21-14)12-18(6-2)7-3/h8-9,19H,5-7,10-12H2,1-4H3,(H,17,20). The lowest BCUT2D eigenvalue weighted by Gasteiger charge is -2.28. The van der Waals surface area contributed by atoms with Crippen molar-refractivity contribution in [2.75, 3.05) is 19.7 Å². The predicted octanol–water partition coefficient (Wildman–Crippen LogP) is 2.40. The summed E-state index contributed by atoms with van der Waals surface area (Å²) in [5, 5.41) is 12.0. The summed E-state index contributed by atoms with van der Waals surface area (Å²) in [4.78, 5) is 14.5. The molecule has 1 aromatic heterocycles. The van der Waals surface area contributed by atoms with Gasteiger partial charge in [-0.2, -0.15) is 0 Å². The Labute approximate surface area is 127 Å². The van der Waals surface area contributed by atoms with E-state index < -0.39 is 5.54 Å². The molecule has 0 spiro atoms. The predicted molar refractivity (Wildman–Crippen MR) is 83.2 cm³/mol. The van der Waals surface area contributed by atoms with Gasteiger partial charge in [-0.05, 0) is 45.0 Å². The van der Waals surface area contributed by atoms with Crippen molar-refractivity contribution in [1.29, 1.82) is 0 Å². The van der Waals surface area contributed by atoms with Crippen molar-refractivity contribution in [2.45, 2.75) is 52.6 Å². The number of aliphatic hydroxyl groups is 1. The first-order valence-corrected chi connectivity index (χ1v) is 7.72. The Bertz CT molecular complexity index is 440. The third-order valence-corrected chi connectivity index (χ3v) is 4.02. The molecular formula is C16H28N2O3. The number of carbonyl (C=O) groups is 1. The van der Waals surface area contributed by atoms with Crippen LogP contribution in [0.2, 0.25) is 0 Å². The van der Waals surface area contributed by atoms with Crippen molar-refractivity contribution in [3.05, 3.63) is 23.7 Å². The molecule has 0 aliphatic carbocycles. The Morgan fingerprint density at radius 2 is 2.00 bits per heavy atom. The lowest BCUT2D eigenvalue weighted by atomic mass is 9.95. The normalized spacial score (nSPS) is 14.2. The summed E-state index contributed by atoms with van der Waals surface area (Å²) < 4.78 is 5.63. The van der Waals surface area contributed by atoms with E-state index in [0.717, 1.165) is 25.3 Å². The number of carbonyl (C=O) groups excluding carboxylic acids is 1. The van der Waals surface area contributed by atoms with Gasteiger partial charge >= 0.3 is 0 Å². The number of aliphatic hydroxyl groups excluding tert-OH is 1. The summed E-state index contributed by atoms with van der Waals surface area (Å²) in [5.41, 5.74) is -0.405. The van der Waals surface area contributed by atoms with E-state index in [4.69, 9.17) is 9.52 Å². The fourth-order valence-electron chi connectivity index (χ4n) is 2.16. The third kappa shape index (κ3) is 5.17. The van der Waals surface area contributed by atoms with Crippen LogP contribution in [-0.2, 0) is 6.54 Å². The Morgan fingerprint density at radius 3 is 2.52 bits per heavy atom. The number of hydrogen-bond acceptors (Lipinski definition) is 4. The lowest BCUT2D eigenvalue weighted by molar-refractivity contribution is 0.0854. The number of rotatable bonds is 9. The van der Waals surface area contributed by atoms with Gasteiger partial charge in [0.1, 0.15) is 5.76 Å². The molecule has 1 rings (SSSR count). The molecule has 0 bridgehead atoms. The second-order valence-electron chi connectivity index (χ2n) is 5.57. The molecule has 2 N–H and O–H groups in total. The highest BCUT2D eigenvalue weighted by Crippen LogP contribution is 2.16. The van der Waals surface area contributed by atoms with E-state index in [9.17, 15) is 4.79 Å². The molecule has 0 fully saturated rings. The van der Waals surface area contributed by atoms with Crippen LogP contribution in [0.5, 0.6) is 0 Å². The van der Waals surface area contributed by atoms with E-state index in [1.165, 1.54) is 0 Å². The Hall–Kier alpha value is -1.33. The maximum absolute atomic E-state index is 12.2. The van der Waals surface area contributed by atoms with Crippen LogP contribution in [-0.4, -0.2) is 41.1 Å². The van der Waals surface area contributed by atoms with Gasteiger partial charge in [0.2, 0.25) is 0 Å². The van der Waals surface area contributed by atoms with E-state index in [2.05, 4.69) is 24.1 Å². The first-order chi connectivity index (χ1) is 9.97. The molecule has 0 saturated heterocycles. The third-order valence-electron chi connectivity index (χ3n) is 4.02. The number of hydrogen-bond donors (Lipinski definition) is 2. The van der Waals surface area contributed by atoms with Crippen LogP contribution in [0.3, 0.4) is 0 Å². The number of nitrogens with zero attached hydrogens (tertiary/aromatic N) is 1. The minimum Gasteiger partial charge on any atom is -0.455 e. The number of amides is 1. The van der Waals surface area contributed by atoms with Crippen LogP contribution in [0.1, 0.15) is 56.9 Å². The SMILES string of the molecule is CCN(CC)Cc1ccc(C(=O)NC(C)(CC)CCO)o1. The summed E-state index contributed by atoms with van der Waals surface area (Å²) in [6, 6.07) is 3.56. The Kier molecular flexibility index (Phi) is 6.92. The van der Waals surface area contributed by atoms with E-state index >= 15 is 0 Å². The maximum atomic E-state index is 12.2. The molecule has 1 aromatic rings. The molecule has 1 unspecified atom stereocenters. The van der Waals surface area contributed by atoms with Gasteiger partial charge in [0.05, 0.1) is 6.54 Å². The second kappa shape index (κ2) is 8.20. The van der Waals surface area contributed by atoms with E-state index in [1.807, 2.05) is 19.9 Å². The van der Waals surface area contributed by atoms with Gasteiger partial charge in [-0.25, -0.2) is 0 Å². The molecule has 0 radical (unpaired) electrons. The zero-order valence-corrected chi connectivity index (χ0v) is 13.6. The Morgan fingerprint density at radius 1 is 1.33 bits per heavy atom. The van der Waals surface area contributed by atoms with Crippen LogP contribution in [0.4, 0.5) is 0 Å². The van der Waals surface area contributed by atoms with Gasteiger partial charge < -0.3 is 14.8 Å². The highest BCUT2D eigenvalue weighted by atomic mass is 16.4. The van der Waals surface area contributed by atoms with Gasteiger partial charge in [-0.3, -0.25) is 9.69 Å². The quantitative estimate of drug-likeness (QED) is 0.734. The maximum Gasteiger partial charge on any atom is 0.287 e. The molecule has 0 aliphatic rings. The molecule has 120 valence electrons. The lowest BCUT2D eigenvalue weighted by Crippen LogP contribution is -2.46. The molecule has 5 nitrogen and oxygen atoms in total. The molecule has 5 heteroatoms. The Balaban J connectivity index is 2.69. The first-order valence-electron chi connectivity index (χ1n) is 7.72. The summed E-state index contributed by atoms with van der Waals surface area (Å²) in [5.74, 6) is 0.901.